The lowest BCUT2D eigenvalue weighted by atomic mass is 10.1. The van der Waals surface area contributed by atoms with Gasteiger partial charge >= 0.3 is 0 Å². The quantitative estimate of drug-likeness (QED) is 0.350. The molecule has 1 aromatic carbocycles. The lowest BCUT2D eigenvalue weighted by Gasteiger charge is -2.24. The van der Waals surface area contributed by atoms with E-state index in [1.165, 1.54) is 24.3 Å². The maximum absolute atomic E-state index is 12.6. The highest BCUT2D eigenvalue weighted by Gasteiger charge is 2.34. The Bertz CT molecular complexity index is 1010. The van der Waals surface area contributed by atoms with Crippen molar-refractivity contribution in [2.75, 3.05) is 26.2 Å². The van der Waals surface area contributed by atoms with E-state index < -0.39 is 16.1 Å². The number of benzene rings is 1. The van der Waals surface area contributed by atoms with E-state index in [4.69, 9.17) is 11.6 Å². The molecule has 2 aliphatic rings. The Labute approximate surface area is 199 Å². The van der Waals surface area contributed by atoms with Crippen LogP contribution in [0, 0.1) is 10.1 Å². The van der Waals surface area contributed by atoms with Crippen molar-refractivity contribution < 1.29 is 24.1 Å². The molecule has 0 spiro atoms. The standard InChI is InChI=1S/C21H23ClN4O6S/c22-15-7-6-14(11-16(15)26(31)32)12-17-20(29)25(21(30)33-17)10-8-23-18(27)13-24-9-4-2-1-3-5-19(24)28/h6-7,11-12H,1-5,8-10,13H2,(H,23,27)/b17-12-. The SMILES string of the molecule is O=C(CN1CCCCCCC1=O)NCCN1C(=O)S/C(=C\c2ccc(Cl)c([N+](=O)[O-])c2)C1=O. The summed E-state index contributed by atoms with van der Waals surface area (Å²) in [4.78, 5) is 62.3. The Morgan fingerprint density at radius 3 is 2.73 bits per heavy atom. The van der Waals surface area contributed by atoms with Crippen LogP contribution < -0.4 is 5.32 Å². The van der Waals surface area contributed by atoms with Gasteiger partial charge in [0, 0.05) is 32.1 Å². The van der Waals surface area contributed by atoms with Gasteiger partial charge in [-0.05, 0) is 42.3 Å². The summed E-state index contributed by atoms with van der Waals surface area (Å²) in [7, 11) is 0. The fourth-order valence-electron chi connectivity index (χ4n) is 3.52. The van der Waals surface area contributed by atoms with Crippen molar-refractivity contribution >= 4 is 58.1 Å². The third-order valence-electron chi connectivity index (χ3n) is 5.25. The highest BCUT2D eigenvalue weighted by molar-refractivity contribution is 8.18. The first-order valence-electron chi connectivity index (χ1n) is 10.5. The fraction of sp³-hybridized carbons (Fsp3) is 0.429. The molecule has 2 aliphatic heterocycles. The lowest BCUT2D eigenvalue weighted by Crippen LogP contribution is -2.44. The summed E-state index contributed by atoms with van der Waals surface area (Å²) in [6, 6.07) is 4.08. The number of nitrogens with one attached hydrogen (secondary N) is 1. The Hall–Kier alpha value is -2.92. The van der Waals surface area contributed by atoms with Crippen LogP contribution in [0.1, 0.15) is 37.7 Å². The number of halogens is 1. The summed E-state index contributed by atoms with van der Waals surface area (Å²) in [6.45, 7) is 0.528. The smallest absolute Gasteiger partial charge is 0.293 e. The van der Waals surface area contributed by atoms with Crippen molar-refractivity contribution in [1.29, 1.82) is 0 Å². The van der Waals surface area contributed by atoms with Crippen LogP contribution in [-0.4, -0.2) is 63.9 Å². The van der Waals surface area contributed by atoms with E-state index in [1.54, 1.807) is 4.90 Å². The van der Waals surface area contributed by atoms with Gasteiger partial charge in [-0.15, -0.1) is 0 Å². The number of hydrogen-bond donors (Lipinski definition) is 1. The monoisotopic (exact) mass is 494 g/mol. The summed E-state index contributed by atoms with van der Waals surface area (Å²) < 4.78 is 0. The van der Waals surface area contributed by atoms with Gasteiger partial charge in [-0.2, -0.15) is 0 Å². The molecule has 2 saturated heterocycles. The van der Waals surface area contributed by atoms with E-state index in [0.29, 0.717) is 18.5 Å². The molecule has 12 heteroatoms. The van der Waals surface area contributed by atoms with Crippen molar-refractivity contribution in [2.24, 2.45) is 0 Å². The summed E-state index contributed by atoms with van der Waals surface area (Å²) in [5, 5.41) is 13.2. The molecule has 0 radical (unpaired) electrons. The average molecular weight is 495 g/mol. The first-order valence-corrected chi connectivity index (χ1v) is 11.7. The maximum atomic E-state index is 12.6. The first-order chi connectivity index (χ1) is 15.8. The number of nitro benzene ring substituents is 1. The minimum atomic E-state index is -0.630. The molecule has 3 rings (SSSR count). The Morgan fingerprint density at radius 2 is 1.97 bits per heavy atom. The molecule has 1 aromatic rings. The van der Waals surface area contributed by atoms with Gasteiger partial charge in [0.2, 0.25) is 11.8 Å². The summed E-state index contributed by atoms with van der Waals surface area (Å²) >= 11 is 6.51. The number of carbonyl (C=O) groups is 4. The van der Waals surface area contributed by atoms with Gasteiger partial charge < -0.3 is 10.2 Å². The number of thioether (sulfide) groups is 1. The molecule has 33 heavy (non-hydrogen) atoms. The molecule has 10 nitrogen and oxygen atoms in total. The molecule has 0 aliphatic carbocycles. The van der Waals surface area contributed by atoms with E-state index in [-0.39, 0.29) is 47.1 Å². The van der Waals surface area contributed by atoms with Crippen molar-refractivity contribution in [3.63, 3.8) is 0 Å². The molecular formula is C21H23ClN4O6S. The first kappa shape index (κ1) is 24.7. The molecule has 0 bridgehead atoms. The van der Waals surface area contributed by atoms with E-state index in [1.807, 2.05) is 0 Å². The summed E-state index contributed by atoms with van der Waals surface area (Å²) in [6.07, 6.45) is 5.56. The number of likely N-dealkylation sites (tertiary alicyclic amines) is 1. The number of nitrogens with zero attached hydrogens (tertiary/aromatic N) is 3. The van der Waals surface area contributed by atoms with Gasteiger partial charge in [0.25, 0.3) is 16.8 Å². The molecular weight excluding hydrogens is 472 g/mol. The topological polar surface area (TPSA) is 130 Å². The second-order valence-corrected chi connectivity index (χ2v) is 9.03. The normalized spacial score (nSPS) is 18.5. The van der Waals surface area contributed by atoms with Gasteiger partial charge in [0.1, 0.15) is 5.02 Å². The lowest BCUT2D eigenvalue weighted by molar-refractivity contribution is -0.384. The highest BCUT2D eigenvalue weighted by atomic mass is 35.5. The zero-order chi connectivity index (χ0) is 24.0. The van der Waals surface area contributed by atoms with Crippen LogP contribution in [0.25, 0.3) is 6.08 Å². The third-order valence-corrected chi connectivity index (χ3v) is 6.48. The van der Waals surface area contributed by atoms with Gasteiger partial charge in [0.15, 0.2) is 0 Å². The molecule has 4 amide bonds. The molecule has 176 valence electrons. The number of amides is 4. The predicted octanol–water partition coefficient (Wildman–Crippen LogP) is 3.19. The van der Waals surface area contributed by atoms with Crippen LogP contribution >= 0.6 is 23.4 Å². The third kappa shape index (κ3) is 6.55. The second-order valence-electron chi connectivity index (χ2n) is 7.63. The zero-order valence-electron chi connectivity index (χ0n) is 17.8. The van der Waals surface area contributed by atoms with Crippen LogP contribution in [-0.2, 0) is 14.4 Å². The largest absolute Gasteiger partial charge is 0.353 e. The molecule has 1 N–H and O–H groups in total. The average Bonchev–Trinajstić information content (AvgIpc) is 3.02. The Balaban J connectivity index is 1.54. The van der Waals surface area contributed by atoms with E-state index in [2.05, 4.69) is 5.32 Å². The second kappa shape index (κ2) is 11.3. The molecule has 0 aromatic heterocycles. The minimum absolute atomic E-state index is 0.0253. The van der Waals surface area contributed by atoms with Crippen LogP contribution in [0.15, 0.2) is 23.1 Å². The molecule has 2 fully saturated rings. The number of imide groups is 1. The number of rotatable bonds is 7. The van der Waals surface area contributed by atoms with E-state index in [0.717, 1.165) is 42.3 Å². The highest BCUT2D eigenvalue weighted by Crippen LogP contribution is 2.33. The number of hydrogen-bond acceptors (Lipinski definition) is 7. The van der Waals surface area contributed by atoms with E-state index >= 15 is 0 Å². The Kier molecular flexibility index (Phi) is 8.45. The molecule has 2 heterocycles. The summed E-state index contributed by atoms with van der Waals surface area (Å²) in [5.74, 6) is -0.931. The van der Waals surface area contributed by atoms with E-state index in [9.17, 15) is 29.3 Å². The molecule has 0 atom stereocenters. The predicted molar refractivity (Wildman–Crippen MR) is 123 cm³/mol. The van der Waals surface area contributed by atoms with Crippen LogP contribution in [0.3, 0.4) is 0 Å². The van der Waals surface area contributed by atoms with Crippen molar-refractivity contribution in [3.8, 4) is 0 Å². The van der Waals surface area contributed by atoms with Crippen molar-refractivity contribution in [2.45, 2.75) is 32.1 Å². The zero-order valence-corrected chi connectivity index (χ0v) is 19.3. The fourth-order valence-corrected chi connectivity index (χ4v) is 4.57. The van der Waals surface area contributed by atoms with Gasteiger partial charge in [0.05, 0.1) is 16.4 Å². The number of nitro groups is 1. The van der Waals surface area contributed by atoms with Crippen LogP contribution in [0.5, 0.6) is 0 Å². The van der Waals surface area contributed by atoms with Crippen LogP contribution in [0.4, 0.5) is 10.5 Å². The molecule has 0 unspecified atom stereocenters. The maximum Gasteiger partial charge on any atom is 0.293 e. The van der Waals surface area contributed by atoms with Crippen molar-refractivity contribution in [1.82, 2.24) is 15.1 Å². The van der Waals surface area contributed by atoms with Gasteiger partial charge in [-0.25, -0.2) is 0 Å². The number of carbonyl (C=O) groups excluding carboxylic acids is 4. The summed E-state index contributed by atoms with van der Waals surface area (Å²) in [5.41, 5.74) is 0.0636. The molecule has 0 saturated carbocycles. The van der Waals surface area contributed by atoms with Gasteiger partial charge in [-0.3, -0.25) is 34.2 Å². The Morgan fingerprint density at radius 1 is 1.21 bits per heavy atom. The van der Waals surface area contributed by atoms with Crippen LogP contribution in [0.2, 0.25) is 5.02 Å². The van der Waals surface area contributed by atoms with Crippen molar-refractivity contribution in [3.05, 3.63) is 43.8 Å². The minimum Gasteiger partial charge on any atom is -0.353 e. The van der Waals surface area contributed by atoms with Gasteiger partial charge in [-0.1, -0.05) is 30.5 Å².